The highest BCUT2D eigenvalue weighted by Gasteiger charge is 2.44. The Morgan fingerprint density at radius 2 is 2.05 bits per heavy atom. The standard InChI is InChI=1S/C16H22O3S/c1-11(14(17)19-15(2,3)4)16(18)9-10-20-13-8-6-5-7-12(13)16/h5-8,11,18H,9-10H2,1-4H3. The van der Waals surface area contributed by atoms with E-state index in [4.69, 9.17) is 4.74 Å². The summed E-state index contributed by atoms with van der Waals surface area (Å²) in [7, 11) is 0. The van der Waals surface area contributed by atoms with E-state index in [9.17, 15) is 9.90 Å². The highest BCUT2D eigenvalue weighted by Crippen LogP contribution is 2.44. The molecule has 0 saturated heterocycles. The van der Waals surface area contributed by atoms with Gasteiger partial charge in [0.2, 0.25) is 0 Å². The minimum atomic E-state index is -1.13. The Morgan fingerprint density at radius 3 is 2.70 bits per heavy atom. The van der Waals surface area contributed by atoms with E-state index in [1.54, 1.807) is 18.7 Å². The molecule has 1 aliphatic heterocycles. The molecule has 110 valence electrons. The van der Waals surface area contributed by atoms with Crippen molar-refractivity contribution in [3.8, 4) is 0 Å². The normalized spacial score (nSPS) is 23.9. The maximum atomic E-state index is 12.3. The van der Waals surface area contributed by atoms with Gasteiger partial charge in [0.25, 0.3) is 0 Å². The van der Waals surface area contributed by atoms with E-state index in [1.807, 2.05) is 45.0 Å². The number of carbonyl (C=O) groups is 1. The van der Waals surface area contributed by atoms with Gasteiger partial charge in [-0.1, -0.05) is 18.2 Å². The van der Waals surface area contributed by atoms with Gasteiger partial charge in [-0.3, -0.25) is 4.79 Å². The van der Waals surface area contributed by atoms with Crippen LogP contribution in [0.15, 0.2) is 29.2 Å². The molecule has 2 rings (SSSR count). The van der Waals surface area contributed by atoms with Crippen molar-refractivity contribution in [2.75, 3.05) is 5.75 Å². The minimum Gasteiger partial charge on any atom is -0.460 e. The fourth-order valence-electron chi connectivity index (χ4n) is 2.44. The molecule has 4 heteroatoms. The predicted octanol–water partition coefficient (Wildman–Crippen LogP) is 3.35. The lowest BCUT2D eigenvalue weighted by Gasteiger charge is -2.38. The Morgan fingerprint density at radius 1 is 1.40 bits per heavy atom. The summed E-state index contributed by atoms with van der Waals surface area (Å²) in [6.07, 6.45) is 0.565. The van der Waals surface area contributed by atoms with Crippen molar-refractivity contribution < 1.29 is 14.6 Å². The van der Waals surface area contributed by atoms with Crippen molar-refractivity contribution in [1.29, 1.82) is 0 Å². The van der Waals surface area contributed by atoms with E-state index < -0.39 is 17.1 Å². The van der Waals surface area contributed by atoms with Crippen LogP contribution in [0, 0.1) is 5.92 Å². The molecule has 3 nitrogen and oxygen atoms in total. The van der Waals surface area contributed by atoms with Crippen LogP contribution in [0.1, 0.15) is 39.7 Å². The van der Waals surface area contributed by atoms with Gasteiger partial charge in [0.15, 0.2) is 0 Å². The van der Waals surface area contributed by atoms with Gasteiger partial charge >= 0.3 is 5.97 Å². The first-order chi connectivity index (χ1) is 9.24. The molecule has 0 saturated carbocycles. The van der Waals surface area contributed by atoms with Gasteiger partial charge in [0, 0.05) is 10.6 Å². The molecular formula is C16H22O3S. The van der Waals surface area contributed by atoms with Crippen LogP contribution in [0.2, 0.25) is 0 Å². The lowest BCUT2D eigenvalue weighted by Crippen LogP contribution is -2.43. The average molecular weight is 294 g/mol. The first kappa shape index (κ1) is 15.4. The second-order valence-electron chi connectivity index (χ2n) is 6.27. The Hall–Kier alpha value is -1.00. The zero-order valence-electron chi connectivity index (χ0n) is 12.5. The summed E-state index contributed by atoms with van der Waals surface area (Å²) >= 11 is 1.72. The number of rotatable bonds is 2. The number of hydrogen-bond acceptors (Lipinski definition) is 4. The Kier molecular flexibility index (Phi) is 4.17. The van der Waals surface area contributed by atoms with Gasteiger partial charge in [0.05, 0.1) is 5.92 Å². The van der Waals surface area contributed by atoms with Gasteiger partial charge in [-0.25, -0.2) is 0 Å². The lowest BCUT2D eigenvalue weighted by molar-refractivity contribution is -0.170. The SMILES string of the molecule is CC(C(=O)OC(C)(C)C)C1(O)CCSc2ccccc21. The van der Waals surface area contributed by atoms with Crippen molar-refractivity contribution in [2.45, 2.75) is 50.2 Å². The molecule has 0 bridgehead atoms. The van der Waals surface area contributed by atoms with E-state index in [0.29, 0.717) is 6.42 Å². The first-order valence-electron chi connectivity index (χ1n) is 6.91. The summed E-state index contributed by atoms with van der Waals surface area (Å²) in [5, 5.41) is 11.0. The number of ether oxygens (including phenoxy) is 1. The number of esters is 1. The number of aliphatic hydroxyl groups is 1. The maximum absolute atomic E-state index is 12.3. The fraction of sp³-hybridized carbons (Fsp3) is 0.562. The molecule has 2 atom stereocenters. The third-order valence-electron chi connectivity index (χ3n) is 3.57. The van der Waals surface area contributed by atoms with E-state index in [1.165, 1.54) is 0 Å². The van der Waals surface area contributed by atoms with Gasteiger partial charge in [-0.15, -0.1) is 11.8 Å². The first-order valence-corrected chi connectivity index (χ1v) is 7.90. The van der Waals surface area contributed by atoms with Crippen LogP contribution in [0.25, 0.3) is 0 Å². The number of thioether (sulfide) groups is 1. The van der Waals surface area contributed by atoms with Crippen LogP contribution >= 0.6 is 11.8 Å². The molecule has 1 aromatic carbocycles. The maximum Gasteiger partial charge on any atom is 0.312 e. The number of hydrogen-bond donors (Lipinski definition) is 1. The Labute approximate surface area is 124 Å². The summed E-state index contributed by atoms with van der Waals surface area (Å²) in [5.74, 6) is -0.119. The van der Waals surface area contributed by atoms with E-state index in [2.05, 4.69) is 0 Å². The van der Waals surface area contributed by atoms with Gasteiger partial charge in [0.1, 0.15) is 11.2 Å². The molecule has 1 heterocycles. The lowest BCUT2D eigenvalue weighted by atomic mass is 9.79. The molecule has 2 unspecified atom stereocenters. The van der Waals surface area contributed by atoms with Gasteiger partial charge in [-0.2, -0.15) is 0 Å². The van der Waals surface area contributed by atoms with Crippen molar-refractivity contribution in [1.82, 2.24) is 0 Å². The van der Waals surface area contributed by atoms with Crippen molar-refractivity contribution >= 4 is 17.7 Å². The molecule has 0 aliphatic carbocycles. The summed E-state index contributed by atoms with van der Waals surface area (Å²) in [4.78, 5) is 13.3. The molecule has 0 aromatic heterocycles. The van der Waals surface area contributed by atoms with E-state index in [0.717, 1.165) is 16.2 Å². The summed E-state index contributed by atoms with van der Waals surface area (Å²) < 4.78 is 5.43. The van der Waals surface area contributed by atoms with E-state index >= 15 is 0 Å². The fourth-order valence-corrected chi connectivity index (χ4v) is 3.64. The molecule has 1 aromatic rings. The third-order valence-corrected chi connectivity index (χ3v) is 4.65. The van der Waals surface area contributed by atoms with Crippen molar-refractivity contribution in [2.24, 2.45) is 5.92 Å². The quantitative estimate of drug-likeness (QED) is 0.850. The molecule has 0 spiro atoms. The average Bonchev–Trinajstić information content (AvgIpc) is 2.36. The zero-order chi connectivity index (χ0) is 15.0. The van der Waals surface area contributed by atoms with Crippen LogP contribution in [0.3, 0.4) is 0 Å². The third kappa shape index (κ3) is 3.01. The molecule has 0 radical (unpaired) electrons. The summed E-state index contributed by atoms with van der Waals surface area (Å²) in [6.45, 7) is 7.27. The minimum absolute atomic E-state index is 0.346. The zero-order valence-corrected chi connectivity index (χ0v) is 13.3. The molecule has 0 amide bonds. The second-order valence-corrected chi connectivity index (χ2v) is 7.41. The highest BCUT2D eigenvalue weighted by molar-refractivity contribution is 7.99. The molecule has 0 fully saturated rings. The van der Waals surface area contributed by atoms with Gasteiger partial charge in [-0.05, 0) is 45.7 Å². The van der Waals surface area contributed by atoms with Crippen molar-refractivity contribution in [3.63, 3.8) is 0 Å². The van der Waals surface area contributed by atoms with E-state index in [-0.39, 0.29) is 5.97 Å². The topological polar surface area (TPSA) is 46.5 Å². The predicted molar refractivity (Wildman–Crippen MR) is 80.7 cm³/mol. The number of carbonyl (C=O) groups excluding carboxylic acids is 1. The second kappa shape index (κ2) is 5.41. The monoisotopic (exact) mass is 294 g/mol. The van der Waals surface area contributed by atoms with Crippen LogP contribution in [0.4, 0.5) is 0 Å². The number of benzene rings is 1. The molecule has 1 N–H and O–H groups in total. The van der Waals surface area contributed by atoms with Crippen LogP contribution in [-0.2, 0) is 15.1 Å². The Balaban J connectivity index is 2.30. The summed E-state index contributed by atoms with van der Waals surface area (Å²) in [6, 6.07) is 7.75. The van der Waals surface area contributed by atoms with Crippen LogP contribution in [-0.4, -0.2) is 22.4 Å². The van der Waals surface area contributed by atoms with Gasteiger partial charge < -0.3 is 9.84 Å². The smallest absolute Gasteiger partial charge is 0.312 e. The molecule has 1 aliphatic rings. The highest BCUT2D eigenvalue weighted by atomic mass is 32.2. The summed E-state index contributed by atoms with van der Waals surface area (Å²) in [5.41, 5.74) is -0.830. The van der Waals surface area contributed by atoms with Crippen molar-refractivity contribution in [3.05, 3.63) is 29.8 Å². The number of fused-ring (bicyclic) bond motifs is 1. The largest absolute Gasteiger partial charge is 0.460 e. The molecule has 20 heavy (non-hydrogen) atoms. The van der Waals surface area contributed by atoms with Crippen LogP contribution in [0.5, 0.6) is 0 Å². The molecular weight excluding hydrogens is 272 g/mol. The van der Waals surface area contributed by atoms with Crippen LogP contribution < -0.4 is 0 Å². The Bertz CT molecular complexity index is 507.